The van der Waals surface area contributed by atoms with Gasteiger partial charge >= 0.3 is 5.97 Å². The van der Waals surface area contributed by atoms with E-state index in [1.165, 1.54) is 22.5 Å². The van der Waals surface area contributed by atoms with Crippen LogP contribution >= 0.6 is 0 Å². The molecular weight excluding hydrogens is 490 g/mol. The molecule has 1 atom stereocenters. The van der Waals surface area contributed by atoms with Gasteiger partial charge in [0.15, 0.2) is 0 Å². The van der Waals surface area contributed by atoms with E-state index in [1.807, 2.05) is 12.1 Å². The smallest absolute Gasteiger partial charge is 0.322 e. The Hall–Kier alpha value is -3.78. The van der Waals surface area contributed by atoms with Crippen molar-refractivity contribution in [1.29, 1.82) is 0 Å². The lowest BCUT2D eigenvalue weighted by Gasteiger charge is -2.17. The second-order valence-corrected chi connectivity index (χ2v) is 10.4. The predicted octanol–water partition coefficient (Wildman–Crippen LogP) is 0.390. The molecule has 0 bridgehead atoms. The number of sulfonamides is 1. The van der Waals surface area contributed by atoms with Crippen LogP contribution in [0.3, 0.4) is 0 Å². The van der Waals surface area contributed by atoms with E-state index in [4.69, 9.17) is 10.3 Å². The van der Waals surface area contributed by atoms with Gasteiger partial charge in [-0.1, -0.05) is 11.2 Å². The number of anilines is 1. The van der Waals surface area contributed by atoms with Gasteiger partial charge in [-0.3, -0.25) is 14.3 Å². The van der Waals surface area contributed by atoms with Gasteiger partial charge in [0.1, 0.15) is 29.1 Å². The van der Waals surface area contributed by atoms with Gasteiger partial charge in [0.25, 0.3) is 5.91 Å². The molecule has 4 heterocycles. The van der Waals surface area contributed by atoms with Crippen molar-refractivity contribution >= 4 is 27.7 Å². The minimum absolute atomic E-state index is 0.0210. The fraction of sp³-hybridized carbons (Fsp3) is 0.409. The number of rotatable bonds is 11. The van der Waals surface area contributed by atoms with Crippen LogP contribution in [0.4, 0.5) is 5.82 Å². The van der Waals surface area contributed by atoms with E-state index in [2.05, 4.69) is 25.3 Å². The van der Waals surface area contributed by atoms with Crippen LogP contribution in [0.25, 0.3) is 0 Å². The average molecular weight is 518 g/mol. The monoisotopic (exact) mass is 517 g/mol. The van der Waals surface area contributed by atoms with Gasteiger partial charge in [0.2, 0.25) is 10.0 Å². The molecule has 14 heteroatoms. The summed E-state index contributed by atoms with van der Waals surface area (Å²) in [4.78, 5) is 28.5. The van der Waals surface area contributed by atoms with Gasteiger partial charge in [0.05, 0.1) is 11.3 Å². The van der Waals surface area contributed by atoms with Crippen molar-refractivity contribution < 1.29 is 27.6 Å². The lowest BCUT2D eigenvalue weighted by Crippen LogP contribution is -2.43. The molecule has 1 aliphatic heterocycles. The summed E-state index contributed by atoms with van der Waals surface area (Å²) in [5.41, 5.74) is 7.72. The molecular formula is C22H27N7O6S. The fourth-order valence-corrected chi connectivity index (χ4v) is 5.21. The number of amides is 1. The fourth-order valence-electron chi connectivity index (χ4n) is 3.98. The third-order valence-electron chi connectivity index (χ3n) is 5.68. The number of carboxylic acid groups (broad SMARTS) is 1. The summed E-state index contributed by atoms with van der Waals surface area (Å²) in [6.07, 6.45) is 3.61. The Labute approximate surface area is 207 Å². The molecule has 192 valence electrons. The van der Waals surface area contributed by atoms with E-state index < -0.39 is 33.7 Å². The molecule has 13 nitrogen and oxygen atoms in total. The molecule has 0 saturated carbocycles. The van der Waals surface area contributed by atoms with Crippen molar-refractivity contribution in [2.24, 2.45) is 5.73 Å². The number of fused-ring (bicyclic) bond motifs is 1. The van der Waals surface area contributed by atoms with Crippen molar-refractivity contribution in [2.75, 3.05) is 11.9 Å². The van der Waals surface area contributed by atoms with Crippen LogP contribution in [-0.4, -0.2) is 57.9 Å². The first-order valence-electron chi connectivity index (χ1n) is 11.3. The maximum Gasteiger partial charge on any atom is 0.322 e. The van der Waals surface area contributed by atoms with E-state index in [1.54, 1.807) is 6.92 Å². The zero-order chi connectivity index (χ0) is 25.9. The number of carbonyl (C=O) groups excluding carboxylic acids is 1. The van der Waals surface area contributed by atoms with E-state index >= 15 is 0 Å². The van der Waals surface area contributed by atoms with Crippen LogP contribution in [0.1, 0.15) is 45.2 Å². The molecule has 5 N–H and O–H groups in total. The Balaban J connectivity index is 1.46. The molecule has 36 heavy (non-hydrogen) atoms. The number of hydrogen-bond acceptors (Lipinski definition) is 9. The Bertz CT molecular complexity index is 1380. The molecule has 4 rings (SSSR count). The van der Waals surface area contributed by atoms with Gasteiger partial charge in [-0.05, 0) is 31.4 Å². The quantitative estimate of drug-likeness (QED) is 0.276. The largest absolute Gasteiger partial charge is 0.480 e. The molecule has 0 unspecified atom stereocenters. The summed E-state index contributed by atoms with van der Waals surface area (Å²) in [6.45, 7) is 2.85. The minimum atomic E-state index is -4.08. The highest BCUT2D eigenvalue weighted by Gasteiger charge is 2.28. The number of primary amides is 1. The molecule has 0 fully saturated rings. The standard InChI is InChI=1S/C22H27N7O6S/c1-13-9-16(27-35-13)12-36(33,34)28-19(22(31)32)10-18-17(20(23)30)11-29(26-18)8-6-15-5-4-14-3-2-7-24-21(14)25-15/h4-5,9,11,19,28H,2-3,6-8,10,12H2,1H3,(H2,23,30)(H,24,25)(H,31,32)/t19-/m0/s1. The Kier molecular flexibility index (Phi) is 7.35. The Morgan fingerprint density at radius 3 is 2.83 bits per heavy atom. The van der Waals surface area contributed by atoms with Crippen LogP contribution in [0.5, 0.6) is 0 Å². The van der Waals surface area contributed by atoms with Crippen LogP contribution < -0.4 is 15.8 Å². The number of nitrogens with zero attached hydrogens (tertiary/aromatic N) is 4. The van der Waals surface area contributed by atoms with E-state index in [0.29, 0.717) is 18.7 Å². The van der Waals surface area contributed by atoms with Gasteiger partial charge in [-0.15, -0.1) is 0 Å². The first kappa shape index (κ1) is 25.3. The highest BCUT2D eigenvalue weighted by atomic mass is 32.2. The first-order valence-corrected chi connectivity index (χ1v) is 13.0. The first-order chi connectivity index (χ1) is 17.1. The second-order valence-electron chi connectivity index (χ2n) is 8.61. The van der Waals surface area contributed by atoms with Crippen LogP contribution in [0.15, 0.2) is 28.9 Å². The molecule has 0 radical (unpaired) electrons. The lowest BCUT2D eigenvalue weighted by molar-refractivity contribution is -0.138. The topological polar surface area (TPSA) is 195 Å². The molecule has 0 saturated heterocycles. The highest BCUT2D eigenvalue weighted by molar-refractivity contribution is 7.88. The van der Waals surface area contributed by atoms with Crippen LogP contribution in [-0.2, 0) is 46.4 Å². The number of carbonyl (C=O) groups is 2. The summed E-state index contributed by atoms with van der Waals surface area (Å²) in [5.74, 6) is -1.49. The number of aliphatic carboxylic acids is 1. The number of aromatic nitrogens is 4. The molecule has 0 aromatic carbocycles. The minimum Gasteiger partial charge on any atom is -0.480 e. The summed E-state index contributed by atoms with van der Waals surface area (Å²) >= 11 is 0. The highest BCUT2D eigenvalue weighted by Crippen LogP contribution is 2.20. The molecule has 0 aliphatic carbocycles. The zero-order valence-corrected chi connectivity index (χ0v) is 20.4. The number of hydrogen-bond donors (Lipinski definition) is 4. The van der Waals surface area contributed by atoms with Crippen molar-refractivity contribution in [2.45, 2.75) is 50.9 Å². The van der Waals surface area contributed by atoms with Gasteiger partial charge in [0, 0.05) is 43.9 Å². The van der Waals surface area contributed by atoms with E-state index in [-0.39, 0.29) is 23.4 Å². The van der Waals surface area contributed by atoms with E-state index in [0.717, 1.165) is 30.9 Å². The maximum atomic E-state index is 12.5. The summed E-state index contributed by atoms with van der Waals surface area (Å²) in [6, 6.07) is 3.85. The summed E-state index contributed by atoms with van der Waals surface area (Å²) in [7, 11) is -4.08. The number of nitrogens with one attached hydrogen (secondary N) is 2. The van der Waals surface area contributed by atoms with Gasteiger partial charge in [-0.2, -0.15) is 5.10 Å². The number of carboxylic acids is 1. The maximum absolute atomic E-state index is 12.5. The van der Waals surface area contributed by atoms with Gasteiger partial charge in [-0.25, -0.2) is 18.1 Å². The summed E-state index contributed by atoms with van der Waals surface area (Å²) in [5, 5.41) is 20.8. The zero-order valence-electron chi connectivity index (χ0n) is 19.6. The van der Waals surface area contributed by atoms with Crippen molar-refractivity contribution in [3.05, 3.63) is 58.4 Å². The Morgan fingerprint density at radius 1 is 1.33 bits per heavy atom. The predicted molar refractivity (Wildman–Crippen MR) is 128 cm³/mol. The van der Waals surface area contributed by atoms with E-state index in [9.17, 15) is 23.1 Å². The molecule has 3 aromatic heterocycles. The summed E-state index contributed by atoms with van der Waals surface area (Å²) < 4.78 is 33.5. The third-order valence-corrected chi connectivity index (χ3v) is 7.00. The molecule has 0 spiro atoms. The average Bonchev–Trinajstić information content (AvgIpc) is 3.42. The second kappa shape index (κ2) is 10.5. The van der Waals surface area contributed by atoms with Crippen molar-refractivity contribution in [3.8, 4) is 0 Å². The third kappa shape index (κ3) is 6.26. The number of aryl methyl sites for hydroxylation is 4. The molecule has 3 aromatic rings. The SMILES string of the molecule is Cc1cc(CS(=O)(=O)N[C@@H](Cc2nn(CCc3ccc4c(n3)NCCC4)cc2C(N)=O)C(=O)O)no1. The van der Waals surface area contributed by atoms with Gasteiger partial charge < -0.3 is 20.7 Å². The Morgan fingerprint density at radius 2 is 2.14 bits per heavy atom. The lowest BCUT2D eigenvalue weighted by atomic mass is 10.1. The molecule has 1 amide bonds. The number of nitrogens with two attached hydrogens (primary N) is 1. The van der Waals surface area contributed by atoms with Crippen molar-refractivity contribution in [3.63, 3.8) is 0 Å². The normalized spacial score (nSPS) is 14.1. The van der Waals surface area contributed by atoms with Crippen LogP contribution in [0, 0.1) is 6.92 Å². The van der Waals surface area contributed by atoms with Crippen LogP contribution in [0.2, 0.25) is 0 Å². The number of pyridine rings is 1. The molecule has 1 aliphatic rings. The van der Waals surface area contributed by atoms with Crippen molar-refractivity contribution in [1.82, 2.24) is 24.6 Å².